The van der Waals surface area contributed by atoms with E-state index in [1.54, 1.807) is 23.1 Å². The number of nitrogens with zero attached hydrogens (tertiary/aromatic N) is 4. The van der Waals surface area contributed by atoms with Gasteiger partial charge in [0.25, 0.3) is 0 Å². The van der Waals surface area contributed by atoms with Crippen LogP contribution in [0.2, 0.25) is 0 Å². The van der Waals surface area contributed by atoms with E-state index in [4.69, 9.17) is 5.41 Å². The Kier molecular flexibility index (Phi) is 6.00. The first-order chi connectivity index (χ1) is 15.8. The van der Waals surface area contributed by atoms with E-state index in [2.05, 4.69) is 10.1 Å². The first-order valence-electron chi connectivity index (χ1n) is 10.6. The van der Waals surface area contributed by atoms with Crippen molar-refractivity contribution in [3.05, 3.63) is 82.5 Å². The number of anilines is 1. The summed E-state index contributed by atoms with van der Waals surface area (Å²) in [6, 6.07) is 14.9. The molecule has 1 saturated heterocycles. The predicted octanol–water partition coefficient (Wildman–Crippen LogP) is 4.44. The standard InChI is InChI=1S/C25H24FN5O2/c1-25(2)13-10-23(33)31(25)18-8-9-21(19(26)16-18)30-15-12-22(32)24(29-30)20(11-14-27)28-17-6-4-3-5-7-17/h3-9,12,14-16,27H,10-11,13H2,1-2H3. The Morgan fingerprint density at radius 2 is 1.94 bits per heavy atom. The second-order valence-electron chi connectivity index (χ2n) is 8.45. The van der Waals surface area contributed by atoms with Crippen LogP contribution < -0.4 is 10.3 Å². The van der Waals surface area contributed by atoms with Crippen molar-refractivity contribution in [2.75, 3.05) is 4.90 Å². The number of nitrogens with one attached hydrogen (secondary N) is 1. The molecule has 2 heterocycles. The van der Waals surface area contributed by atoms with E-state index in [-0.39, 0.29) is 34.7 Å². The second-order valence-corrected chi connectivity index (χ2v) is 8.45. The average molecular weight is 445 g/mol. The van der Waals surface area contributed by atoms with Gasteiger partial charge >= 0.3 is 0 Å². The minimum Gasteiger partial charge on any atom is -0.313 e. The monoisotopic (exact) mass is 445 g/mol. The van der Waals surface area contributed by atoms with Crippen LogP contribution in [0, 0.1) is 11.2 Å². The van der Waals surface area contributed by atoms with Crippen LogP contribution in [0.5, 0.6) is 0 Å². The van der Waals surface area contributed by atoms with E-state index in [1.165, 1.54) is 29.1 Å². The Hall–Kier alpha value is -3.94. The molecule has 0 atom stereocenters. The van der Waals surface area contributed by atoms with Crippen LogP contribution in [0.3, 0.4) is 0 Å². The number of benzene rings is 2. The van der Waals surface area contributed by atoms with Crippen LogP contribution in [0.1, 0.15) is 38.8 Å². The highest BCUT2D eigenvalue weighted by Gasteiger charge is 2.38. The Balaban J connectivity index is 1.74. The largest absolute Gasteiger partial charge is 0.313 e. The molecular formula is C25H24FN5O2. The highest BCUT2D eigenvalue weighted by atomic mass is 19.1. The van der Waals surface area contributed by atoms with E-state index in [1.807, 2.05) is 32.0 Å². The second kappa shape index (κ2) is 8.90. The Labute approximate surface area is 190 Å². The lowest BCUT2D eigenvalue weighted by molar-refractivity contribution is -0.117. The maximum absolute atomic E-state index is 15.2. The molecule has 1 amide bonds. The number of carbonyl (C=O) groups is 1. The third kappa shape index (κ3) is 4.50. The highest BCUT2D eigenvalue weighted by Crippen LogP contribution is 2.35. The topological polar surface area (TPSA) is 91.4 Å². The molecule has 3 aromatic rings. The van der Waals surface area contributed by atoms with Gasteiger partial charge in [-0.05, 0) is 50.6 Å². The lowest BCUT2D eigenvalue weighted by Crippen LogP contribution is -2.40. The quantitative estimate of drug-likeness (QED) is 0.569. The van der Waals surface area contributed by atoms with Crippen molar-refractivity contribution in [1.29, 1.82) is 5.41 Å². The van der Waals surface area contributed by atoms with Gasteiger partial charge in [-0.2, -0.15) is 5.10 Å². The van der Waals surface area contributed by atoms with E-state index < -0.39 is 5.82 Å². The van der Waals surface area contributed by atoms with E-state index in [0.717, 1.165) is 6.21 Å². The molecule has 7 nitrogen and oxygen atoms in total. The maximum atomic E-state index is 15.2. The van der Waals surface area contributed by atoms with Crippen molar-refractivity contribution < 1.29 is 9.18 Å². The van der Waals surface area contributed by atoms with Gasteiger partial charge in [-0.3, -0.25) is 14.6 Å². The summed E-state index contributed by atoms with van der Waals surface area (Å²) in [5.41, 5.74) is 0.854. The fourth-order valence-corrected chi connectivity index (χ4v) is 3.98. The van der Waals surface area contributed by atoms with E-state index in [9.17, 15) is 9.59 Å². The summed E-state index contributed by atoms with van der Waals surface area (Å²) in [6.45, 7) is 3.91. The molecule has 1 fully saturated rings. The Morgan fingerprint density at radius 3 is 2.58 bits per heavy atom. The Bertz CT molecular complexity index is 1300. The molecule has 1 N–H and O–H groups in total. The van der Waals surface area contributed by atoms with Crippen molar-refractivity contribution in [2.24, 2.45) is 4.99 Å². The molecule has 33 heavy (non-hydrogen) atoms. The van der Waals surface area contributed by atoms with Crippen LogP contribution in [-0.4, -0.2) is 33.2 Å². The van der Waals surface area contributed by atoms with Gasteiger partial charge in [0.1, 0.15) is 5.69 Å². The van der Waals surface area contributed by atoms with Crippen LogP contribution in [0.25, 0.3) is 5.69 Å². The van der Waals surface area contributed by atoms with Gasteiger partial charge in [-0.1, -0.05) is 18.2 Å². The summed E-state index contributed by atoms with van der Waals surface area (Å²) < 4.78 is 16.4. The van der Waals surface area contributed by atoms with Gasteiger partial charge in [0, 0.05) is 42.5 Å². The average Bonchev–Trinajstić information content (AvgIpc) is 3.07. The van der Waals surface area contributed by atoms with E-state index in [0.29, 0.717) is 29.9 Å². The molecule has 0 bridgehead atoms. The van der Waals surface area contributed by atoms with Crippen molar-refractivity contribution in [3.8, 4) is 5.69 Å². The number of aromatic nitrogens is 2. The van der Waals surface area contributed by atoms with Crippen LogP contribution >= 0.6 is 0 Å². The summed E-state index contributed by atoms with van der Waals surface area (Å²) in [7, 11) is 0. The predicted molar refractivity (Wildman–Crippen MR) is 127 cm³/mol. The molecule has 1 aliphatic rings. The SMILES string of the molecule is CC1(C)CCC(=O)N1c1ccc(-n2ccc(=O)c(C(CC=N)=Nc3ccccc3)n2)c(F)c1. The molecule has 0 saturated carbocycles. The minimum absolute atomic E-state index is 0.0377. The van der Waals surface area contributed by atoms with Gasteiger partial charge in [-0.25, -0.2) is 9.07 Å². The Morgan fingerprint density at radius 1 is 1.18 bits per heavy atom. The zero-order chi connectivity index (χ0) is 23.6. The van der Waals surface area contributed by atoms with Crippen molar-refractivity contribution in [3.63, 3.8) is 0 Å². The molecular weight excluding hydrogens is 421 g/mol. The number of para-hydroxylation sites is 1. The summed E-state index contributed by atoms with van der Waals surface area (Å²) in [5, 5.41) is 11.8. The van der Waals surface area contributed by atoms with Gasteiger partial charge in [0.2, 0.25) is 11.3 Å². The third-order valence-corrected chi connectivity index (χ3v) is 5.64. The first kappa shape index (κ1) is 22.3. The molecule has 4 rings (SSSR count). The van der Waals surface area contributed by atoms with Crippen molar-refractivity contribution >= 4 is 29.2 Å². The molecule has 1 aromatic heterocycles. The number of aliphatic imine (C=N–C) groups is 1. The number of hydrogen-bond donors (Lipinski definition) is 1. The number of carbonyl (C=O) groups excluding carboxylic acids is 1. The summed E-state index contributed by atoms with van der Waals surface area (Å²) in [5.74, 6) is -0.608. The third-order valence-electron chi connectivity index (χ3n) is 5.64. The lowest BCUT2D eigenvalue weighted by atomic mass is 10.0. The van der Waals surface area contributed by atoms with Crippen molar-refractivity contribution in [2.45, 2.75) is 38.6 Å². The fraction of sp³-hybridized carbons (Fsp3) is 0.240. The molecule has 1 aliphatic heterocycles. The molecule has 8 heteroatoms. The van der Waals surface area contributed by atoms with Crippen molar-refractivity contribution in [1.82, 2.24) is 9.78 Å². The molecule has 168 valence electrons. The number of amides is 1. The van der Waals surface area contributed by atoms with Gasteiger partial charge in [0.05, 0.1) is 11.4 Å². The van der Waals surface area contributed by atoms with Crippen LogP contribution in [-0.2, 0) is 4.79 Å². The smallest absolute Gasteiger partial charge is 0.227 e. The molecule has 0 aliphatic carbocycles. The molecule has 2 aromatic carbocycles. The van der Waals surface area contributed by atoms with Crippen LogP contribution in [0.4, 0.5) is 15.8 Å². The maximum Gasteiger partial charge on any atom is 0.227 e. The minimum atomic E-state index is -0.571. The normalized spacial score (nSPS) is 15.7. The fourth-order valence-electron chi connectivity index (χ4n) is 3.98. The van der Waals surface area contributed by atoms with Gasteiger partial charge < -0.3 is 10.3 Å². The van der Waals surface area contributed by atoms with E-state index >= 15 is 4.39 Å². The molecule has 0 radical (unpaired) electrons. The molecule has 0 spiro atoms. The zero-order valence-corrected chi connectivity index (χ0v) is 18.5. The summed E-state index contributed by atoms with van der Waals surface area (Å²) >= 11 is 0. The van der Waals surface area contributed by atoms with Crippen LogP contribution in [0.15, 0.2) is 70.6 Å². The van der Waals surface area contributed by atoms with Gasteiger partial charge in [0.15, 0.2) is 11.5 Å². The lowest BCUT2D eigenvalue weighted by Gasteiger charge is -2.31. The summed E-state index contributed by atoms with van der Waals surface area (Å²) in [6.07, 6.45) is 3.77. The first-order valence-corrected chi connectivity index (χ1v) is 10.6. The number of rotatable bonds is 6. The number of halogens is 1. The summed E-state index contributed by atoms with van der Waals surface area (Å²) in [4.78, 5) is 31.0. The van der Waals surface area contributed by atoms with Gasteiger partial charge in [-0.15, -0.1) is 0 Å². The molecule has 0 unspecified atom stereocenters. The zero-order valence-electron chi connectivity index (χ0n) is 18.5. The highest BCUT2D eigenvalue weighted by molar-refractivity contribution is 6.06. The number of hydrogen-bond acceptors (Lipinski definition) is 5.